The number of hydrogen-bond donors (Lipinski definition) is 3. The van der Waals surface area contributed by atoms with Crippen LogP contribution in [0, 0.1) is 11.8 Å². The number of halogens is 1. The molecule has 0 unspecified atom stereocenters. The first kappa shape index (κ1) is 21.1. The zero-order chi connectivity index (χ0) is 15.7. The molecule has 0 aliphatic carbocycles. The van der Waals surface area contributed by atoms with Gasteiger partial charge in [-0.05, 0) is 50.9 Å². The van der Waals surface area contributed by atoms with Gasteiger partial charge in [0.25, 0.3) is 0 Å². The molecule has 1 heterocycles. The molecule has 1 aliphatic rings. The predicted molar refractivity (Wildman–Crippen MR) is 91.3 cm³/mol. The quantitative estimate of drug-likeness (QED) is 0.654. The predicted octanol–water partition coefficient (Wildman–Crippen LogP) is 1.21. The van der Waals surface area contributed by atoms with Gasteiger partial charge in [0.2, 0.25) is 5.91 Å². The van der Waals surface area contributed by atoms with Crippen molar-refractivity contribution in [2.45, 2.75) is 33.6 Å². The highest BCUT2D eigenvalue weighted by Gasteiger charge is 2.21. The van der Waals surface area contributed by atoms with E-state index in [1.165, 1.54) is 0 Å². The number of carbonyl (C=O) groups is 2. The molecule has 0 aromatic rings. The molecule has 0 aromatic heterocycles. The SMILES string of the molecule is CCNCC1CCN(CC(=O)NC(=O)NCC(C)C)CC1.Cl. The topological polar surface area (TPSA) is 73.5 Å². The number of urea groups is 1. The Bertz CT molecular complexity index is 332. The van der Waals surface area contributed by atoms with Gasteiger partial charge in [0.05, 0.1) is 6.54 Å². The van der Waals surface area contributed by atoms with Gasteiger partial charge in [0.15, 0.2) is 0 Å². The van der Waals surface area contributed by atoms with Gasteiger partial charge in [0.1, 0.15) is 0 Å². The summed E-state index contributed by atoms with van der Waals surface area (Å²) in [7, 11) is 0. The average molecular weight is 335 g/mol. The van der Waals surface area contributed by atoms with E-state index in [2.05, 4.69) is 27.8 Å². The molecule has 0 aromatic carbocycles. The monoisotopic (exact) mass is 334 g/mol. The van der Waals surface area contributed by atoms with E-state index in [0.29, 0.717) is 24.9 Å². The number of imide groups is 1. The van der Waals surface area contributed by atoms with Crippen LogP contribution in [0.25, 0.3) is 0 Å². The molecule has 3 N–H and O–H groups in total. The number of rotatable bonds is 7. The molecule has 1 saturated heterocycles. The van der Waals surface area contributed by atoms with E-state index in [0.717, 1.165) is 39.0 Å². The van der Waals surface area contributed by atoms with E-state index in [1.807, 2.05) is 13.8 Å². The second-order valence-corrected chi connectivity index (χ2v) is 6.18. The lowest BCUT2D eigenvalue weighted by Gasteiger charge is -2.31. The summed E-state index contributed by atoms with van der Waals surface area (Å²) in [4.78, 5) is 25.4. The first-order valence-electron chi connectivity index (χ1n) is 8.02. The molecular formula is C15H31ClN4O2. The smallest absolute Gasteiger partial charge is 0.321 e. The third-order valence-corrected chi connectivity index (χ3v) is 3.68. The summed E-state index contributed by atoms with van der Waals surface area (Å²) in [6.07, 6.45) is 2.22. The highest BCUT2D eigenvalue weighted by molar-refractivity contribution is 5.95. The Balaban J connectivity index is 0.00000441. The fourth-order valence-electron chi connectivity index (χ4n) is 2.41. The van der Waals surface area contributed by atoms with Crippen molar-refractivity contribution in [3.05, 3.63) is 0 Å². The minimum atomic E-state index is -0.393. The molecule has 1 rings (SSSR count). The maximum Gasteiger partial charge on any atom is 0.321 e. The number of carbonyl (C=O) groups excluding carboxylic acids is 2. The first-order chi connectivity index (χ1) is 10.0. The minimum Gasteiger partial charge on any atom is -0.338 e. The van der Waals surface area contributed by atoms with Crippen molar-refractivity contribution in [1.82, 2.24) is 20.9 Å². The van der Waals surface area contributed by atoms with Crippen LogP contribution in [-0.4, -0.2) is 56.1 Å². The third-order valence-electron chi connectivity index (χ3n) is 3.68. The molecule has 0 bridgehead atoms. The lowest BCUT2D eigenvalue weighted by Crippen LogP contribution is -2.47. The van der Waals surface area contributed by atoms with Crippen LogP contribution in [0.15, 0.2) is 0 Å². The van der Waals surface area contributed by atoms with Crippen molar-refractivity contribution in [3.63, 3.8) is 0 Å². The summed E-state index contributed by atoms with van der Waals surface area (Å²) in [6, 6.07) is -0.393. The summed E-state index contributed by atoms with van der Waals surface area (Å²) >= 11 is 0. The molecule has 130 valence electrons. The maximum atomic E-state index is 11.8. The Morgan fingerprint density at radius 2 is 1.86 bits per heavy atom. The lowest BCUT2D eigenvalue weighted by molar-refractivity contribution is -0.121. The average Bonchev–Trinajstić information content (AvgIpc) is 2.44. The fraction of sp³-hybridized carbons (Fsp3) is 0.867. The molecule has 6 nitrogen and oxygen atoms in total. The number of piperidine rings is 1. The second-order valence-electron chi connectivity index (χ2n) is 6.18. The number of nitrogens with one attached hydrogen (secondary N) is 3. The van der Waals surface area contributed by atoms with Crippen LogP contribution in [-0.2, 0) is 4.79 Å². The van der Waals surface area contributed by atoms with Crippen LogP contribution < -0.4 is 16.0 Å². The van der Waals surface area contributed by atoms with Crippen LogP contribution in [0.4, 0.5) is 4.79 Å². The van der Waals surface area contributed by atoms with Crippen molar-refractivity contribution in [3.8, 4) is 0 Å². The first-order valence-corrected chi connectivity index (χ1v) is 8.02. The van der Waals surface area contributed by atoms with Crippen molar-refractivity contribution >= 4 is 24.3 Å². The van der Waals surface area contributed by atoms with Gasteiger partial charge >= 0.3 is 6.03 Å². The van der Waals surface area contributed by atoms with Crippen LogP contribution in [0.1, 0.15) is 33.6 Å². The van der Waals surface area contributed by atoms with Gasteiger partial charge in [-0.3, -0.25) is 15.0 Å². The molecule has 0 spiro atoms. The van der Waals surface area contributed by atoms with E-state index < -0.39 is 6.03 Å². The van der Waals surface area contributed by atoms with Crippen molar-refractivity contribution in [1.29, 1.82) is 0 Å². The molecule has 0 atom stereocenters. The third kappa shape index (κ3) is 9.23. The number of hydrogen-bond acceptors (Lipinski definition) is 4. The van der Waals surface area contributed by atoms with Crippen LogP contribution in [0.3, 0.4) is 0 Å². The van der Waals surface area contributed by atoms with E-state index in [9.17, 15) is 9.59 Å². The number of amides is 3. The summed E-state index contributed by atoms with van der Waals surface area (Å²) in [6.45, 7) is 11.0. The highest BCUT2D eigenvalue weighted by Crippen LogP contribution is 2.15. The lowest BCUT2D eigenvalue weighted by atomic mass is 9.97. The fourth-order valence-corrected chi connectivity index (χ4v) is 2.41. The van der Waals surface area contributed by atoms with Gasteiger partial charge in [-0.1, -0.05) is 20.8 Å². The Labute approximate surface area is 140 Å². The molecule has 1 aliphatic heterocycles. The van der Waals surface area contributed by atoms with Gasteiger partial charge in [0, 0.05) is 6.54 Å². The molecule has 3 amide bonds. The van der Waals surface area contributed by atoms with Crippen LogP contribution in [0.2, 0.25) is 0 Å². The number of likely N-dealkylation sites (tertiary alicyclic amines) is 1. The Kier molecular flexibility index (Phi) is 11.2. The van der Waals surface area contributed by atoms with E-state index in [1.54, 1.807) is 0 Å². The van der Waals surface area contributed by atoms with Crippen molar-refractivity contribution in [2.75, 3.05) is 39.3 Å². The minimum absolute atomic E-state index is 0. The van der Waals surface area contributed by atoms with Gasteiger partial charge < -0.3 is 10.6 Å². The zero-order valence-electron chi connectivity index (χ0n) is 14.0. The van der Waals surface area contributed by atoms with Gasteiger partial charge in [-0.25, -0.2) is 4.79 Å². The molecule has 0 radical (unpaired) electrons. The molecule has 1 fully saturated rings. The maximum absolute atomic E-state index is 11.8. The largest absolute Gasteiger partial charge is 0.338 e. The van der Waals surface area contributed by atoms with Gasteiger partial charge in [-0.15, -0.1) is 12.4 Å². The zero-order valence-corrected chi connectivity index (χ0v) is 14.8. The standard InChI is InChI=1S/C15H30N4O2.ClH/c1-4-16-10-13-5-7-19(8-6-13)11-14(20)18-15(21)17-9-12(2)3;/h12-13,16H,4-11H2,1-3H3,(H2,17,18,20,21);1H. The van der Waals surface area contributed by atoms with E-state index in [-0.39, 0.29) is 18.3 Å². The summed E-state index contributed by atoms with van der Waals surface area (Å²) in [5.74, 6) is 0.863. The normalized spacial score (nSPS) is 16.2. The van der Waals surface area contributed by atoms with Gasteiger partial charge in [-0.2, -0.15) is 0 Å². The summed E-state index contributed by atoms with van der Waals surface area (Å²) in [5, 5.41) is 8.44. The van der Waals surface area contributed by atoms with Crippen LogP contribution >= 0.6 is 12.4 Å². The second kappa shape index (κ2) is 11.7. The Morgan fingerprint density at radius 1 is 1.23 bits per heavy atom. The van der Waals surface area contributed by atoms with Crippen molar-refractivity contribution in [2.24, 2.45) is 11.8 Å². The molecule has 22 heavy (non-hydrogen) atoms. The number of nitrogens with zero attached hydrogens (tertiary/aromatic N) is 1. The Hall–Kier alpha value is -0.850. The molecule has 7 heteroatoms. The highest BCUT2D eigenvalue weighted by atomic mass is 35.5. The van der Waals surface area contributed by atoms with E-state index in [4.69, 9.17) is 0 Å². The summed E-state index contributed by atoms with van der Waals surface area (Å²) in [5.41, 5.74) is 0. The molecule has 0 saturated carbocycles. The van der Waals surface area contributed by atoms with E-state index >= 15 is 0 Å². The van der Waals surface area contributed by atoms with Crippen molar-refractivity contribution < 1.29 is 9.59 Å². The molecular weight excluding hydrogens is 304 g/mol. The Morgan fingerprint density at radius 3 is 2.41 bits per heavy atom. The summed E-state index contributed by atoms with van der Waals surface area (Å²) < 4.78 is 0. The van der Waals surface area contributed by atoms with Crippen LogP contribution in [0.5, 0.6) is 0 Å².